The van der Waals surface area contributed by atoms with Gasteiger partial charge in [0.05, 0.1) is 17.9 Å². The summed E-state index contributed by atoms with van der Waals surface area (Å²) in [6.07, 6.45) is 3.06. The lowest BCUT2D eigenvalue weighted by molar-refractivity contribution is -0.130. The van der Waals surface area contributed by atoms with Crippen molar-refractivity contribution < 1.29 is 23.4 Å². The second kappa shape index (κ2) is 9.10. The standard InChI is InChI=1S/C24H20ClNO5/c1-3-28-21-13-16(12-19-24(27)31-23(26-19)20-9-6-10-29-20)11-18(25)22(21)30-14-17-8-5-4-7-15(17)2/h4-13H,3,14H2,1-2H3/b19-12-. The van der Waals surface area contributed by atoms with Gasteiger partial charge in [-0.25, -0.2) is 9.79 Å². The van der Waals surface area contributed by atoms with E-state index in [9.17, 15) is 4.79 Å². The highest BCUT2D eigenvalue weighted by Gasteiger charge is 2.26. The van der Waals surface area contributed by atoms with Gasteiger partial charge >= 0.3 is 5.97 Å². The highest BCUT2D eigenvalue weighted by molar-refractivity contribution is 6.32. The van der Waals surface area contributed by atoms with Gasteiger partial charge in [-0.3, -0.25) is 0 Å². The third-order valence-corrected chi connectivity index (χ3v) is 4.90. The molecule has 1 aromatic heterocycles. The first-order chi connectivity index (χ1) is 15.0. The molecule has 0 fully saturated rings. The summed E-state index contributed by atoms with van der Waals surface area (Å²) in [6, 6.07) is 14.8. The van der Waals surface area contributed by atoms with Gasteiger partial charge in [0.2, 0.25) is 0 Å². The molecule has 0 aliphatic carbocycles. The largest absolute Gasteiger partial charge is 0.490 e. The average molecular weight is 438 g/mol. The number of aliphatic imine (C=N–C) groups is 1. The molecule has 0 unspecified atom stereocenters. The highest BCUT2D eigenvalue weighted by Crippen LogP contribution is 2.38. The molecule has 0 N–H and O–H groups in total. The molecule has 4 rings (SSSR count). The number of furan rings is 1. The molecule has 31 heavy (non-hydrogen) atoms. The van der Waals surface area contributed by atoms with E-state index in [0.29, 0.717) is 41.1 Å². The fourth-order valence-electron chi connectivity index (χ4n) is 3.07. The van der Waals surface area contributed by atoms with Gasteiger partial charge in [-0.1, -0.05) is 35.9 Å². The Morgan fingerprint density at radius 2 is 1.97 bits per heavy atom. The molecule has 0 amide bonds. The smallest absolute Gasteiger partial charge is 0.363 e. The summed E-state index contributed by atoms with van der Waals surface area (Å²) >= 11 is 6.51. The number of nitrogens with zero attached hydrogens (tertiary/aromatic N) is 1. The summed E-state index contributed by atoms with van der Waals surface area (Å²) < 4.78 is 22.1. The molecule has 6 nitrogen and oxygen atoms in total. The van der Waals surface area contributed by atoms with E-state index in [1.165, 1.54) is 6.26 Å². The predicted octanol–water partition coefficient (Wildman–Crippen LogP) is 5.56. The molecule has 1 aliphatic rings. The molecule has 0 radical (unpaired) electrons. The van der Waals surface area contributed by atoms with Gasteiger partial charge in [-0.05, 0) is 60.9 Å². The van der Waals surface area contributed by atoms with Crippen molar-refractivity contribution in [3.8, 4) is 11.5 Å². The van der Waals surface area contributed by atoms with Crippen LogP contribution in [0.1, 0.15) is 29.4 Å². The van der Waals surface area contributed by atoms with Crippen LogP contribution in [0.5, 0.6) is 11.5 Å². The maximum absolute atomic E-state index is 12.2. The van der Waals surface area contributed by atoms with Crippen molar-refractivity contribution in [2.75, 3.05) is 6.61 Å². The van der Waals surface area contributed by atoms with Gasteiger partial charge in [0.25, 0.3) is 5.90 Å². The molecule has 2 aromatic carbocycles. The van der Waals surface area contributed by atoms with Crippen LogP contribution in [0, 0.1) is 6.92 Å². The van der Waals surface area contributed by atoms with E-state index in [1.807, 2.05) is 38.1 Å². The van der Waals surface area contributed by atoms with Crippen LogP contribution in [-0.4, -0.2) is 18.5 Å². The van der Waals surface area contributed by atoms with E-state index in [-0.39, 0.29) is 11.6 Å². The fraction of sp³-hybridized carbons (Fsp3) is 0.167. The lowest BCUT2D eigenvalue weighted by Crippen LogP contribution is -2.04. The Morgan fingerprint density at radius 1 is 1.13 bits per heavy atom. The lowest BCUT2D eigenvalue weighted by atomic mass is 10.1. The zero-order valence-electron chi connectivity index (χ0n) is 17.1. The van der Waals surface area contributed by atoms with Crippen LogP contribution >= 0.6 is 11.6 Å². The van der Waals surface area contributed by atoms with Crippen LogP contribution in [0.15, 0.2) is 69.9 Å². The van der Waals surface area contributed by atoms with Crippen LogP contribution < -0.4 is 9.47 Å². The number of carbonyl (C=O) groups is 1. The number of hydrogen-bond acceptors (Lipinski definition) is 6. The number of carbonyl (C=O) groups excluding carboxylic acids is 1. The van der Waals surface area contributed by atoms with Gasteiger partial charge in [0.1, 0.15) is 6.61 Å². The van der Waals surface area contributed by atoms with E-state index < -0.39 is 5.97 Å². The quantitative estimate of drug-likeness (QED) is 0.357. The van der Waals surface area contributed by atoms with Crippen molar-refractivity contribution in [1.82, 2.24) is 0 Å². The van der Waals surface area contributed by atoms with E-state index in [0.717, 1.165) is 11.1 Å². The Balaban J connectivity index is 1.62. The molecule has 0 saturated heterocycles. The van der Waals surface area contributed by atoms with Gasteiger partial charge in [0.15, 0.2) is 23.0 Å². The van der Waals surface area contributed by atoms with Crippen molar-refractivity contribution in [2.24, 2.45) is 4.99 Å². The minimum absolute atomic E-state index is 0.121. The third-order valence-electron chi connectivity index (χ3n) is 4.62. The molecule has 2 heterocycles. The number of rotatable bonds is 7. The lowest BCUT2D eigenvalue weighted by Gasteiger charge is -2.15. The molecular formula is C24H20ClNO5. The third kappa shape index (κ3) is 4.64. The summed E-state index contributed by atoms with van der Waals surface area (Å²) in [4.78, 5) is 16.4. The molecule has 1 aliphatic heterocycles. The zero-order chi connectivity index (χ0) is 21.8. The molecule has 3 aromatic rings. The minimum Gasteiger partial charge on any atom is -0.490 e. The Labute approximate surface area is 184 Å². The van der Waals surface area contributed by atoms with Crippen molar-refractivity contribution >= 4 is 29.5 Å². The van der Waals surface area contributed by atoms with E-state index in [4.69, 9.17) is 30.2 Å². The maximum atomic E-state index is 12.2. The Kier molecular flexibility index (Phi) is 6.09. The van der Waals surface area contributed by atoms with E-state index in [2.05, 4.69) is 4.99 Å². The fourth-order valence-corrected chi connectivity index (χ4v) is 3.34. The van der Waals surface area contributed by atoms with Gasteiger partial charge in [-0.2, -0.15) is 0 Å². The number of hydrogen-bond donors (Lipinski definition) is 0. The molecule has 0 atom stereocenters. The van der Waals surface area contributed by atoms with Gasteiger partial charge in [0, 0.05) is 0 Å². The number of benzene rings is 2. The maximum Gasteiger partial charge on any atom is 0.363 e. The van der Waals surface area contributed by atoms with Crippen LogP contribution in [0.2, 0.25) is 5.02 Å². The zero-order valence-corrected chi connectivity index (χ0v) is 17.8. The van der Waals surface area contributed by atoms with E-state index >= 15 is 0 Å². The second-order valence-corrected chi connectivity index (χ2v) is 7.20. The van der Waals surface area contributed by atoms with Crippen LogP contribution in [-0.2, 0) is 16.1 Å². The van der Waals surface area contributed by atoms with Crippen molar-refractivity contribution in [3.05, 3.63) is 88.0 Å². The number of cyclic esters (lactones) is 1. The Hall–Kier alpha value is -3.51. The summed E-state index contributed by atoms with van der Waals surface area (Å²) in [6.45, 7) is 4.69. The van der Waals surface area contributed by atoms with Crippen molar-refractivity contribution in [3.63, 3.8) is 0 Å². The van der Waals surface area contributed by atoms with E-state index in [1.54, 1.807) is 30.3 Å². The first-order valence-corrected chi connectivity index (χ1v) is 10.1. The van der Waals surface area contributed by atoms with Crippen molar-refractivity contribution in [2.45, 2.75) is 20.5 Å². The van der Waals surface area contributed by atoms with Crippen LogP contribution in [0.4, 0.5) is 0 Å². The number of halogens is 1. The number of ether oxygens (including phenoxy) is 3. The molecule has 0 saturated carbocycles. The van der Waals surface area contributed by atoms with Crippen molar-refractivity contribution in [1.29, 1.82) is 0 Å². The first-order valence-electron chi connectivity index (χ1n) is 9.75. The molecule has 0 bridgehead atoms. The summed E-state index contributed by atoms with van der Waals surface area (Å²) in [7, 11) is 0. The summed E-state index contributed by atoms with van der Waals surface area (Å²) in [5.41, 5.74) is 2.95. The van der Waals surface area contributed by atoms with Gasteiger partial charge in [-0.15, -0.1) is 0 Å². The molecule has 7 heteroatoms. The van der Waals surface area contributed by atoms with Crippen LogP contribution in [0.3, 0.4) is 0 Å². The van der Waals surface area contributed by atoms with Crippen LogP contribution in [0.25, 0.3) is 6.08 Å². The second-order valence-electron chi connectivity index (χ2n) is 6.79. The molecular weight excluding hydrogens is 418 g/mol. The summed E-state index contributed by atoms with van der Waals surface area (Å²) in [5.74, 6) is 0.861. The molecule has 158 valence electrons. The summed E-state index contributed by atoms with van der Waals surface area (Å²) in [5, 5.41) is 0.369. The Morgan fingerprint density at radius 3 is 2.71 bits per heavy atom. The topological polar surface area (TPSA) is 70.3 Å². The number of aryl methyl sites for hydroxylation is 1. The number of esters is 1. The molecule has 0 spiro atoms. The Bertz CT molecular complexity index is 1160. The predicted molar refractivity (Wildman–Crippen MR) is 117 cm³/mol. The normalized spacial score (nSPS) is 14.5. The average Bonchev–Trinajstić information content (AvgIpc) is 3.39. The SMILES string of the molecule is CCOc1cc(/C=C2\N=C(c3ccco3)OC2=O)cc(Cl)c1OCc1ccccc1C. The first kappa shape index (κ1) is 20.8. The minimum atomic E-state index is -0.569. The monoisotopic (exact) mass is 437 g/mol. The van der Waals surface area contributed by atoms with Gasteiger partial charge < -0.3 is 18.6 Å². The highest BCUT2D eigenvalue weighted by atomic mass is 35.5.